The van der Waals surface area contributed by atoms with Gasteiger partial charge in [-0.1, -0.05) is 32.5 Å². The molecular formula is C20H28N4O3S. The van der Waals surface area contributed by atoms with E-state index >= 15 is 0 Å². The number of hydrogen-bond donors (Lipinski definition) is 0. The average Bonchev–Trinajstić information content (AvgIpc) is 3.14. The molecule has 1 amide bonds. The fourth-order valence-electron chi connectivity index (χ4n) is 2.72. The van der Waals surface area contributed by atoms with Crippen molar-refractivity contribution >= 4 is 23.5 Å². The lowest BCUT2D eigenvalue weighted by Gasteiger charge is -2.25. The SMILES string of the molecule is CN(C)c1cc(C(C)(C)C)nc(SCc2ccc(C(=O)N3CCOCC3)o2)n1. The molecule has 28 heavy (non-hydrogen) atoms. The number of anilines is 1. The maximum Gasteiger partial charge on any atom is 0.289 e. The van der Waals surface area contributed by atoms with Gasteiger partial charge in [0, 0.05) is 38.7 Å². The minimum atomic E-state index is -0.0829. The van der Waals surface area contributed by atoms with Crippen LogP contribution in [0.4, 0.5) is 5.82 Å². The fourth-order valence-corrected chi connectivity index (χ4v) is 3.47. The lowest BCUT2D eigenvalue weighted by molar-refractivity contribution is 0.0282. The molecule has 1 aliphatic heterocycles. The molecule has 3 rings (SSSR count). The molecule has 0 aliphatic carbocycles. The highest BCUT2D eigenvalue weighted by Crippen LogP contribution is 2.28. The summed E-state index contributed by atoms with van der Waals surface area (Å²) in [6.07, 6.45) is 0. The quantitative estimate of drug-likeness (QED) is 0.560. The Morgan fingerprint density at radius 1 is 1.21 bits per heavy atom. The zero-order chi connectivity index (χ0) is 20.3. The second kappa shape index (κ2) is 8.53. The number of ether oxygens (including phenoxy) is 1. The normalized spacial score (nSPS) is 15.0. The molecule has 0 bridgehead atoms. The average molecular weight is 405 g/mol. The van der Waals surface area contributed by atoms with Crippen LogP contribution in [0.5, 0.6) is 0 Å². The van der Waals surface area contributed by atoms with Crippen molar-refractivity contribution in [2.45, 2.75) is 37.1 Å². The topological polar surface area (TPSA) is 71.7 Å². The Hall–Kier alpha value is -2.06. The lowest BCUT2D eigenvalue weighted by Crippen LogP contribution is -2.40. The first-order valence-electron chi connectivity index (χ1n) is 9.39. The van der Waals surface area contributed by atoms with Crippen LogP contribution in [0.25, 0.3) is 0 Å². The van der Waals surface area contributed by atoms with Crippen molar-refractivity contribution in [1.29, 1.82) is 0 Å². The monoisotopic (exact) mass is 404 g/mol. The molecule has 1 fully saturated rings. The van der Waals surface area contributed by atoms with Crippen molar-refractivity contribution in [3.05, 3.63) is 35.4 Å². The first kappa shape index (κ1) is 20.7. The largest absolute Gasteiger partial charge is 0.455 e. The number of carbonyl (C=O) groups excluding carboxylic acids is 1. The molecule has 1 saturated heterocycles. The molecule has 2 aromatic rings. The number of rotatable bonds is 5. The third kappa shape index (κ3) is 5.05. The number of amides is 1. The van der Waals surface area contributed by atoms with Crippen LogP contribution in [0.1, 0.15) is 42.8 Å². The Bertz CT molecular complexity index is 823. The Labute approximate surface area is 170 Å². The van der Waals surface area contributed by atoms with Gasteiger partial charge in [0.25, 0.3) is 5.91 Å². The predicted molar refractivity (Wildman–Crippen MR) is 110 cm³/mol. The maximum atomic E-state index is 12.5. The van der Waals surface area contributed by atoms with Gasteiger partial charge >= 0.3 is 0 Å². The van der Waals surface area contributed by atoms with E-state index in [1.165, 1.54) is 11.8 Å². The van der Waals surface area contributed by atoms with Crippen LogP contribution in [-0.2, 0) is 15.9 Å². The van der Waals surface area contributed by atoms with E-state index in [0.29, 0.717) is 43.0 Å². The summed E-state index contributed by atoms with van der Waals surface area (Å²) in [6, 6.07) is 5.61. The molecule has 0 atom stereocenters. The number of aromatic nitrogens is 2. The van der Waals surface area contributed by atoms with Crippen molar-refractivity contribution in [2.24, 2.45) is 0 Å². The van der Waals surface area contributed by atoms with Crippen molar-refractivity contribution in [3.8, 4) is 0 Å². The van der Waals surface area contributed by atoms with Gasteiger partial charge in [-0.2, -0.15) is 0 Å². The van der Waals surface area contributed by atoms with Gasteiger partial charge in [0.15, 0.2) is 10.9 Å². The summed E-state index contributed by atoms with van der Waals surface area (Å²) in [5.74, 6) is 2.47. The zero-order valence-corrected chi connectivity index (χ0v) is 18.0. The number of hydrogen-bond acceptors (Lipinski definition) is 7. The van der Waals surface area contributed by atoms with E-state index < -0.39 is 0 Å². The van der Waals surface area contributed by atoms with Crippen LogP contribution < -0.4 is 4.90 Å². The molecular weight excluding hydrogens is 376 g/mol. The molecule has 0 radical (unpaired) electrons. The highest BCUT2D eigenvalue weighted by Gasteiger charge is 2.22. The predicted octanol–water partition coefficient (Wildman–Crippen LogP) is 3.20. The number of morpholine rings is 1. The van der Waals surface area contributed by atoms with E-state index in [4.69, 9.17) is 14.1 Å². The summed E-state index contributed by atoms with van der Waals surface area (Å²) in [4.78, 5) is 25.6. The van der Waals surface area contributed by atoms with Crippen LogP contribution in [-0.4, -0.2) is 61.2 Å². The highest BCUT2D eigenvalue weighted by atomic mass is 32.2. The first-order valence-corrected chi connectivity index (χ1v) is 10.4. The smallest absolute Gasteiger partial charge is 0.289 e. The lowest BCUT2D eigenvalue weighted by atomic mass is 9.92. The molecule has 0 N–H and O–H groups in total. The molecule has 0 spiro atoms. The first-order chi connectivity index (χ1) is 13.2. The second-order valence-electron chi connectivity index (χ2n) is 8.00. The maximum absolute atomic E-state index is 12.5. The van der Waals surface area contributed by atoms with Gasteiger partial charge in [0.05, 0.1) is 24.7 Å². The van der Waals surface area contributed by atoms with Crippen molar-refractivity contribution in [3.63, 3.8) is 0 Å². The molecule has 8 heteroatoms. The molecule has 0 aromatic carbocycles. The standard InChI is InChI=1S/C20H28N4O3S/c1-20(2,3)16-12-17(23(4)5)22-19(21-16)28-13-14-6-7-15(27-14)18(25)24-8-10-26-11-9-24/h6-7,12H,8-11,13H2,1-5H3. The van der Waals surface area contributed by atoms with Crippen LogP contribution >= 0.6 is 11.8 Å². The van der Waals surface area contributed by atoms with Crippen molar-refractivity contribution < 1.29 is 13.9 Å². The molecule has 0 saturated carbocycles. The van der Waals surface area contributed by atoms with Crippen LogP contribution in [0, 0.1) is 0 Å². The molecule has 3 heterocycles. The summed E-state index contributed by atoms with van der Waals surface area (Å²) in [7, 11) is 3.94. The van der Waals surface area contributed by atoms with E-state index in [9.17, 15) is 4.79 Å². The van der Waals surface area contributed by atoms with Gasteiger partial charge in [0.1, 0.15) is 11.6 Å². The molecule has 0 unspecified atom stereocenters. The van der Waals surface area contributed by atoms with Gasteiger partial charge in [0.2, 0.25) is 0 Å². The third-order valence-electron chi connectivity index (χ3n) is 4.43. The van der Waals surface area contributed by atoms with E-state index in [2.05, 4.69) is 25.8 Å². The molecule has 1 aliphatic rings. The summed E-state index contributed by atoms with van der Waals surface area (Å²) >= 11 is 1.51. The zero-order valence-electron chi connectivity index (χ0n) is 17.2. The van der Waals surface area contributed by atoms with E-state index in [1.54, 1.807) is 11.0 Å². The summed E-state index contributed by atoms with van der Waals surface area (Å²) in [5, 5.41) is 0.702. The second-order valence-corrected chi connectivity index (χ2v) is 8.94. The van der Waals surface area contributed by atoms with Crippen molar-refractivity contribution in [1.82, 2.24) is 14.9 Å². The number of furan rings is 1. The Balaban J connectivity index is 1.69. The van der Waals surface area contributed by atoms with E-state index in [1.807, 2.05) is 31.1 Å². The summed E-state index contributed by atoms with van der Waals surface area (Å²) in [5.41, 5.74) is 0.933. The van der Waals surface area contributed by atoms with Crippen LogP contribution in [0.3, 0.4) is 0 Å². The minimum absolute atomic E-state index is 0.0640. The summed E-state index contributed by atoms with van der Waals surface area (Å²) in [6.45, 7) is 8.77. The number of nitrogens with zero attached hydrogens (tertiary/aromatic N) is 4. The van der Waals surface area contributed by atoms with Crippen LogP contribution in [0.15, 0.2) is 27.8 Å². The molecule has 7 nitrogen and oxygen atoms in total. The Morgan fingerprint density at radius 2 is 1.93 bits per heavy atom. The van der Waals surface area contributed by atoms with E-state index in [0.717, 1.165) is 17.3 Å². The van der Waals surface area contributed by atoms with Gasteiger partial charge in [-0.25, -0.2) is 9.97 Å². The Morgan fingerprint density at radius 3 is 2.57 bits per heavy atom. The van der Waals surface area contributed by atoms with Gasteiger partial charge < -0.3 is 19.0 Å². The fraction of sp³-hybridized carbons (Fsp3) is 0.550. The van der Waals surface area contributed by atoms with Gasteiger partial charge in [-0.05, 0) is 12.1 Å². The molecule has 2 aromatic heterocycles. The summed E-state index contributed by atoms with van der Waals surface area (Å²) < 4.78 is 11.1. The van der Waals surface area contributed by atoms with E-state index in [-0.39, 0.29) is 11.3 Å². The number of carbonyl (C=O) groups is 1. The van der Waals surface area contributed by atoms with Gasteiger partial charge in [-0.3, -0.25) is 4.79 Å². The molecule has 152 valence electrons. The minimum Gasteiger partial charge on any atom is -0.455 e. The number of thioether (sulfide) groups is 1. The highest BCUT2D eigenvalue weighted by molar-refractivity contribution is 7.98. The van der Waals surface area contributed by atoms with Crippen molar-refractivity contribution in [2.75, 3.05) is 45.3 Å². The van der Waals surface area contributed by atoms with Gasteiger partial charge in [-0.15, -0.1) is 0 Å². The Kier molecular flexibility index (Phi) is 6.30. The van der Waals surface area contributed by atoms with Crippen LogP contribution in [0.2, 0.25) is 0 Å². The third-order valence-corrected chi connectivity index (χ3v) is 5.30.